The maximum atomic E-state index is 12.3. The summed E-state index contributed by atoms with van der Waals surface area (Å²) in [5, 5.41) is 9.86. The van der Waals surface area contributed by atoms with Gasteiger partial charge in [0.2, 0.25) is 0 Å². The molecule has 5 nitrogen and oxygen atoms in total. The van der Waals surface area contributed by atoms with Crippen LogP contribution in [-0.2, 0) is 0 Å². The first-order chi connectivity index (χ1) is 9.08. The summed E-state index contributed by atoms with van der Waals surface area (Å²) in [7, 11) is 0. The Kier molecular flexibility index (Phi) is 2.28. The van der Waals surface area contributed by atoms with Gasteiger partial charge in [-0.25, -0.2) is 4.79 Å². The van der Waals surface area contributed by atoms with E-state index in [1.54, 1.807) is 24.3 Å². The molecule has 4 N–H and O–H groups in total. The summed E-state index contributed by atoms with van der Waals surface area (Å²) in [5.74, 6) is -1.08. The first kappa shape index (κ1) is 11.3. The molecule has 0 radical (unpaired) electrons. The molecule has 0 atom stereocenters. The Morgan fingerprint density at radius 1 is 1.16 bits per heavy atom. The Morgan fingerprint density at radius 2 is 1.89 bits per heavy atom. The molecule has 5 heteroatoms. The van der Waals surface area contributed by atoms with Crippen LogP contribution in [0.3, 0.4) is 0 Å². The highest BCUT2D eigenvalue weighted by atomic mass is 16.4. The highest BCUT2D eigenvalue weighted by Crippen LogP contribution is 2.21. The lowest BCUT2D eigenvalue weighted by molar-refractivity contribution is 0.0697. The summed E-state index contributed by atoms with van der Waals surface area (Å²) in [5.41, 5.74) is 6.91. The average molecular weight is 254 g/mol. The van der Waals surface area contributed by atoms with Crippen LogP contribution in [0.15, 0.2) is 41.2 Å². The fourth-order valence-corrected chi connectivity index (χ4v) is 2.21. The highest BCUT2D eigenvalue weighted by Gasteiger charge is 2.12. The predicted molar refractivity (Wildman–Crippen MR) is 73.4 cm³/mol. The van der Waals surface area contributed by atoms with Crippen LogP contribution in [0.4, 0.5) is 5.69 Å². The van der Waals surface area contributed by atoms with Crippen molar-refractivity contribution in [1.82, 2.24) is 4.98 Å². The first-order valence-corrected chi connectivity index (χ1v) is 5.65. The molecule has 0 aliphatic rings. The van der Waals surface area contributed by atoms with Gasteiger partial charge in [0, 0.05) is 16.6 Å². The summed E-state index contributed by atoms with van der Waals surface area (Å²) < 4.78 is 0. The monoisotopic (exact) mass is 254 g/mol. The Balaban J connectivity index is 2.54. The normalized spacial score (nSPS) is 10.9. The van der Waals surface area contributed by atoms with Gasteiger partial charge in [-0.3, -0.25) is 4.79 Å². The number of carbonyl (C=O) groups is 1. The molecular weight excluding hydrogens is 244 g/mol. The maximum Gasteiger partial charge on any atom is 0.335 e. The van der Waals surface area contributed by atoms with Crippen molar-refractivity contribution in [3.63, 3.8) is 0 Å². The Bertz CT molecular complexity index is 881. The van der Waals surface area contributed by atoms with Gasteiger partial charge >= 0.3 is 5.97 Å². The van der Waals surface area contributed by atoms with Crippen LogP contribution >= 0.6 is 0 Å². The molecule has 0 bridgehead atoms. The predicted octanol–water partition coefficient (Wildman–Crippen LogP) is 1.96. The number of aromatic amines is 1. The van der Waals surface area contributed by atoms with E-state index in [1.165, 1.54) is 12.1 Å². The molecule has 19 heavy (non-hydrogen) atoms. The van der Waals surface area contributed by atoms with E-state index in [-0.39, 0.29) is 16.7 Å². The van der Waals surface area contributed by atoms with Gasteiger partial charge in [-0.2, -0.15) is 0 Å². The van der Waals surface area contributed by atoms with Crippen molar-refractivity contribution in [3.8, 4) is 0 Å². The van der Waals surface area contributed by atoms with E-state index in [2.05, 4.69) is 4.98 Å². The zero-order valence-corrected chi connectivity index (χ0v) is 9.81. The van der Waals surface area contributed by atoms with Crippen molar-refractivity contribution >= 4 is 33.5 Å². The third kappa shape index (κ3) is 1.63. The van der Waals surface area contributed by atoms with Crippen molar-refractivity contribution in [3.05, 3.63) is 52.2 Å². The zero-order chi connectivity index (χ0) is 13.6. The summed E-state index contributed by atoms with van der Waals surface area (Å²) in [6, 6.07) is 9.76. The first-order valence-electron chi connectivity index (χ1n) is 5.65. The summed E-state index contributed by atoms with van der Waals surface area (Å²) >= 11 is 0. The number of aromatic carboxylic acids is 1. The van der Waals surface area contributed by atoms with Crippen LogP contribution < -0.4 is 11.2 Å². The number of anilines is 1. The van der Waals surface area contributed by atoms with Crippen molar-refractivity contribution in [1.29, 1.82) is 0 Å². The second-order valence-electron chi connectivity index (χ2n) is 4.29. The molecule has 94 valence electrons. The molecular formula is C14H10N2O3. The Morgan fingerprint density at radius 3 is 2.63 bits per heavy atom. The van der Waals surface area contributed by atoms with Crippen LogP contribution in [0.2, 0.25) is 0 Å². The number of nitrogen functional groups attached to an aromatic ring is 1. The van der Waals surface area contributed by atoms with E-state index >= 15 is 0 Å². The number of carboxylic acid groups (broad SMARTS) is 1. The minimum absolute atomic E-state index is 0.0518. The number of pyridine rings is 1. The second kappa shape index (κ2) is 3.84. The molecule has 0 saturated carbocycles. The van der Waals surface area contributed by atoms with Gasteiger partial charge in [0.1, 0.15) is 0 Å². The number of rotatable bonds is 1. The number of carboxylic acids is 1. The van der Waals surface area contributed by atoms with Crippen molar-refractivity contribution in [2.45, 2.75) is 0 Å². The van der Waals surface area contributed by atoms with Crippen molar-refractivity contribution in [2.75, 3.05) is 5.73 Å². The van der Waals surface area contributed by atoms with E-state index in [0.717, 1.165) is 0 Å². The maximum absolute atomic E-state index is 12.3. The van der Waals surface area contributed by atoms with Crippen LogP contribution in [0.1, 0.15) is 10.4 Å². The number of aromatic nitrogens is 1. The standard InChI is InChI=1S/C14H10N2O3/c15-9-5-7(14(18)19)6-11-12(9)13(17)8-3-1-2-4-10(8)16-11/h1-6H,15H2,(H,16,17)(H,18,19). The van der Waals surface area contributed by atoms with Gasteiger partial charge in [-0.05, 0) is 24.3 Å². The molecule has 0 amide bonds. The molecule has 0 aliphatic carbocycles. The lowest BCUT2D eigenvalue weighted by Crippen LogP contribution is -2.08. The zero-order valence-electron chi connectivity index (χ0n) is 9.81. The number of para-hydroxylation sites is 1. The van der Waals surface area contributed by atoms with E-state index in [0.29, 0.717) is 21.8 Å². The van der Waals surface area contributed by atoms with Crippen LogP contribution in [0, 0.1) is 0 Å². The Labute approximate surface area is 107 Å². The smallest absolute Gasteiger partial charge is 0.335 e. The number of fused-ring (bicyclic) bond motifs is 2. The molecule has 2 aromatic carbocycles. The van der Waals surface area contributed by atoms with Crippen LogP contribution in [0.5, 0.6) is 0 Å². The summed E-state index contributed by atoms with van der Waals surface area (Å²) in [6.45, 7) is 0. The van der Waals surface area contributed by atoms with Gasteiger partial charge in [0.25, 0.3) is 0 Å². The molecule has 3 aromatic rings. The largest absolute Gasteiger partial charge is 0.478 e. The number of nitrogens with one attached hydrogen (secondary N) is 1. The van der Waals surface area contributed by atoms with Crippen molar-refractivity contribution in [2.24, 2.45) is 0 Å². The summed E-state index contributed by atoms with van der Waals surface area (Å²) in [6.07, 6.45) is 0. The topological polar surface area (TPSA) is 96.2 Å². The van der Waals surface area contributed by atoms with E-state index in [9.17, 15) is 9.59 Å². The fraction of sp³-hybridized carbons (Fsp3) is 0. The van der Waals surface area contributed by atoms with E-state index < -0.39 is 5.97 Å². The van der Waals surface area contributed by atoms with Crippen LogP contribution in [-0.4, -0.2) is 16.1 Å². The number of benzene rings is 2. The molecule has 3 rings (SSSR count). The fourth-order valence-electron chi connectivity index (χ4n) is 2.21. The van der Waals surface area contributed by atoms with E-state index in [1.807, 2.05) is 0 Å². The molecule has 0 unspecified atom stereocenters. The molecule has 0 aliphatic heterocycles. The van der Waals surface area contributed by atoms with Gasteiger partial charge in [0.05, 0.1) is 16.5 Å². The molecule has 0 fully saturated rings. The number of nitrogens with two attached hydrogens (primary N) is 1. The minimum Gasteiger partial charge on any atom is -0.478 e. The average Bonchev–Trinajstić information content (AvgIpc) is 2.38. The number of hydrogen-bond acceptors (Lipinski definition) is 3. The quantitative estimate of drug-likeness (QED) is 0.457. The molecule has 1 aromatic heterocycles. The molecule has 0 spiro atoms. The molecule has 0 saturated heterocycles. The van der Waals surface area contributed by atoms with Gasteiger partial charge < -0.3 is 15.8 Å². The van der Waals surface area contributed by atoms with Gasteiger partial charge in [-0.1, -0.05) is 12.1 Å². The highest BCUT2D eigenvalue weighted by molar-refractivity contribution is 6.02. The lowest BCUT2D eigenvalue weighted by Gasteiger charge is -2.06. The van der Waals surface area contributed by atoms with Crippen LogP contribution in [0.25, 0.3) is 21.8 Å². The molecule has 1 heterocycles. The van der Waals surface area contributed by atoms with Gasteiger partial charge in [-0.15, -0.1) is 0 Å². The number of H-pyrrole nitrogens is 1. The number of hydrogen-bond donors (Lipinski definition) is 3. The minimum atomic E-state index is -1.08. The van der Waals surface area contributed by atoms with Crippen molar-refractivity contribution < 1.29 is 9.90 Å². The Hall–Kier alpha value is -2.82. The third-order valence-corrected chi connectivity index (χ3v) is 3.08. The van der Waals surface area contributed by atoms with E-state index in [4.69, 9.17) is 10.8 Å². The SMILES string of the molecule is Nc1cc(C(=O)O)cc2[nH]c3ccccc3c(=O)c12. The third-order valence-electron chi connectivity index (χ3n) is 3.08. The van der Waals surface area contributed by atoms with Gasteiger partial charge in [0.15, 0.2) is 5.43 Å². The second-order valence-corrected chi connectivity index (χ2v) is 4.29. The summed E-state index contributed by atoms with van der Waals surface area (Å²) in [4.78, 5) is 26.4. The lowest BCUT2D eigenvalue weighted by atomic mass is 10.1.